The lowest BCUT2D eigenvalue weighted by atomic mass is 10.1. The van der Waals surface area contributed by atoms with Gasteiger partial charge in [0.05, 0.1) is 20.1 Å². The Hall–Kier alpha value is -2.54. The molecule has 25 heavy (non-hydrogen) atoms. The Balaban J connectivity index is 2.00. The molecule has 7 nitrogen and oxygen atoms in total. The minimum atomic E-state index is -0.356. The van der Waals surface area contributed by atoms with Crippen LogP contribution in [0, 0.1) is 0 Å². The van der Waals surface area contributed by atoms with Crippen LogP contribution < -0.4 is 9.47 Å². The quantitative estimate of drug-likeness (QED) is 0.523. The van der Waals surface area contributed by atoms with Crippen LogP contribution in [0.2, 0.25) is 0 Å². The second-order valence-electron chi connectivity index (χ2n) is 5.38. The van der Waals surface area contributed by atoms with E-state index in [2.05, 4.69) is 4.74 Å². The van der Waals surface area contributed by atoms with Crippen LogP contribution in [0.15, 0.2) is 24.3 Å². The fourth-order valence-corrected chi connectivity index (χ4v) is 2.30. The molecule has 1 aromatic rings. The minimum Gasteiger partial charge on any atom is -0.486 e. The molecule has 1 aliphatic rings. The number of carbonyl (C=O) groups excluding carboxylic acids is 2. The smallest absolute Gasteiger partial charge is 0.307 e. The number of benzene rings is 1. The Morgan fingerprint density at radius 1 is 1.16 bits per heavy atom. The first-order chi connectivity index (χ1) is 12.1. The Bertz CT molecular complexity index is 628. The van der Waals surface area contributed by atoms with Gasteiger partial charge in [0.25, 0.3) is 0 Å². The zero-order chi connectivity index (χ0) is 18.1. The topological polar surface area (TPSA) is 74.3 Å². The van der Waals surface area contributed by atoms with Crippen LogP contribution in [-0.2, 0) is 19.1 Å². The van der Waals surface area contributed by atoms with Crippen LogP contribution >= 0.6 is 0 Å². The third kappa shape index (κ3) is 5.79. The predicted octanol–water partition coefficient (Wildman–Crippen LogP) is 1.51. The van der Waals surface area contributed by atoms with Crippen molar-refractivity contribution in [1.29, 1.82) is 0 Å². The summed E-state index contributed by atoms with van der Waals surface area (Å²) in [4.78, 5) is 25.2. The molecule has 0 radical (unpaired) electrons. The van der Waals surface area contributed by atoms with Gasteiger partial charge in [0.15, 0.2) is 11.5 Å². The van der Waals surface area contributed by atoms with Crippen molar-refractivity contribution >= 4 is 18.0 Å². The molecular formula is C18H23NO6. The van der Waals surface area contributed by atoms with Crippen LogP contribution in [0.3, 0.4) is 0 Å². The summed E-state index contributed by atoms with van der Waals surface area (Å²) in [6.45, 7) is 2.12. The largest absolute Gasteiger partial charge is 0.486 e. The SMILES string of the molecule is COCCN(CCC(=O)OC)C(=O)C=Cc1ccc2c(c1)OCCO2. The van der Waals surface area contributed by atoms with Crippen molar-refractivity contribution in [3.05, 3.63) is 29.8 Å². The van der Waals surface area contributed by atoms with Crippen molar-refractivity contribution in [3.63, 3.8) is 0 Å². The molecule has 0 atom stereocenters. The Kier molecular flexibility index (Phi) is 7.28. The zero-order valence-electron chi connectivity index (χ0n) is 14.5. The van der Waals surface area contributed by atoms with E-state index >= 15 is 0 Å². The lowest BCUT2D eigenvalue weighted by Gasteiger charge is -2.20. The molecule has 0 aromatic heterocycles. The van der Waals surface area contributed by atoms with Crippen molar-refractivity contribution in [2.75, 3.05) is 47.1 Å². The van der Waals surface area contributed by atoms with Gasteiger partial charge in [-0.15, -0.1) is 0 Å². The summed E-state index contributed by atoms with van der Waals surface area (Å²) in [6, 6.07) is 5.50. The second-order valence-corrected chi connectivity index (χ2v) is 5.38. The summed E-state index contributed by atoms with van der Waals surface area (Å²) in [6.07, 6.45) is 3.32. The van der Waals surface area contributed by atoms with E-state index in [1.54, 1.807) is 18.1 Å². The van der Waals surface area contributed by atoms with E-state index in [-0.39, 0.29) is 24.8 Å². The number of carbonyl (C=O) groups is 2. The molecule has 7 heteroatoms. The van der Waals surface area contributed by atoms with Gasteiger partial charge in [-0.3, -0.25) is 9.59 Å². The Labute approximate surface area is 147 Å². The van der Waals surface area contributed by atoms with E-state index in [0.29, 0.717) is 37.9 Å². The van der Waals surface area contributed by atoms with Gasteiger partial charge in [-0.05, 0) is 23.8 Å². The van der Waals surface area contributed by atoms with Crippen LogP contribution in [0.4, 0.5) is 0 Å². The normalized spacial score (nSPS) is 12.9. The highest BCUT2D eigenvalue weighted by atomic mass is 16.6. The van der Waals surface area contributed by atoms with Gasteiger partial charge >= 0.3 is 5.97 Å². The van der Waals surface area contributed by atoms with Gasteiger partial charge in [-0.1, -0.05) is 6.07 Å². The monoisotopic (exact) mass is 349 g/mol. The number of nitrogens with zero attached hydrogens (tertiary/aromatic N) is 1. The maximum absolute atomic E-state index is 12.4. The number of amides is 1. The summed E-state index contributed by atoms with van der Waals surface area (Å²) >= 11 is 0. The average molecular weight is 349 g/mol. The predicted molar refractivity (Wildman–Crippen MR) is 91.6 cm³/mol. The van der Waals surface area contributed by atoms with Gasteiger partial charge in [-0.2, -0.15) is 0 Å². The number of hydrogen-bond acceptors (Lipinski definition) is 6. The summed E-state index contributed by atoms with van der Waals surface area (Å²) in [5.41, 5.74) is 0.831. The highest BCUT2D eigenvalue weighted by Crippen LogP contribution is 2.31. The lowest BCUT2D eigenvalue weighted by Crippen LogP contribution is -2.34. The summed E-state index contributed by atoms with van der Waals surface area (Å²) in [5.74, 6) is 0.819. The van der Waals surface area contributed by atoms with Crippen LogP contribution in [0.1, 0.15) is 12.0 Å². The molecule has 0 saturated carbocycles. The number of rotatable bonds is 8. The first-order valence-corrected chi connectivity index (χ1v) is 8.06. The molecule has 0 unspecified atom stereocenters. The van der Waals surface area contributed by atoms with Crippen molar-refractivity contribution in [3.8, 4) is 11.5 Å². The molecule has 0 N–H and O–H groups in total. The van der Waals surface area contributed by atoms with Gasteiger partial charge in [-0.25, -0.2) is 0 Å². The number of fused-ring (bicyclic) bond motifs is 1. The van der Waals surface area contributed by atoms with E-state index in [1.165, 1.54) is 13.2 Å². The average Bonchev–Trinajstić information content (AvgIpc) is 2.65. The van der Waals surface area contributed by atoms with Gasteiger partial charge in [0.2, 0.25) is 5.91 Å². The standard InChI is InChI=1S/C18H23NO6/c1-22-10-9-19(8-7-18(21)23-2)17(20)6-4-14-3-5-15-16(13-14)25-12-11-24-15/h3-6,13H,7-12H2,1-2H3. The molecule has 136 valence electrons. The maximum atomic E-state index is 12.4. The molecule has 1 amide bonds. The van der Waals surface area contributed by atoms with E-state index < -0.39 is 0 Å². The van der Waals surface area contributed by atoms with Crippen molar-refractivity contribution in [2.24, 2.45) is 0 Å². The number of esters is 1. The van der Waals surface area contributed by atoms with Gasteiger partial charge in [0, 0.05) is 26.3 Å². The minimum absolute atomic E-state index is 0.143. The van der Waals surface area contributed by atoms with Crippen molar-refractivity contribution in [1.82, 2.24) is 4.90 Å². The lowest BCUT2D eigenvalue weighted by molar-refractivity contribution is -0.141. The summed E-state index contributed by atoms with van der Waals surface area (Å²) in [7, 11) is 2.89. The summed E-state index contributed by atoms with van der Waals surface area (Å²) in [5, 5.41) is 0. The highest BCUT2D eigenvalue weighted by molar-refractivity contribution is 5.92. The van der Waals surface area contributed by atoms with Crippen LogP contribution in [0.5, 0.6) is 11.5 Å². The first kappa shape index (κ1) is 18.8. The van der Waals surface area contributed by atoms with Crippen molar-refractivity contribution in [2.45, 2.75) is 6.42 Å². The molecule has 1 heterocycles. The third-order valence-electron chi connectivity index (χ3n) is 3.68. The number of methoxy groups -OCH3 is 2. The maximum Gasteiger partial charge on any atom is 0.307 e. The van der Waals surface area contributed by atoms with E-state index in [9.17, 15) is 9.59 Å². The molecule has 2 rings (SSSR count). The van der Waals surface area contributed by atoms with Crippen LogP contribution in [0.25, 0.3) is 6.08 Å². The molecule has 0 saturated heterocycles. The summed E-state index contributed by atoms with van der Waals surface area (Å²) < 4.78 is 20.6. The third-order valence-corrected chi connectivity index (χ3v) is 3.68. The molecule has 1 aliphatic heterocycles. The fourth-order valence-electron chi connectivity index (χ4n) is 2.30. The highest BCUT2D eigenvalue weighted by Gasteiger charge is 2.14. The molecule has 1 aromatic carbocycles. The van der Waals surface area contributed by atoms with Crippen LogP contribution in [-0.4, -0.2) is 63.9 Å². The number of hydrogen-bond donors (Lipinski definition) is 0. The van der Waals surface area contributed by atoms with Gasteiger partial charge < -0.3 is 23.8 Å². The van der Waals surface area contributed by atoms with E-state index in [1.807, 2.05) is 18.2 Å². The van der Waals surface area contributed by atoms with Gasteiger partial charge in [0.1, 0.15) is 13.2 Å². The van der Waals surface area contributed by atoms with E-state index in [0.717, 1.165) is 5.56 Å². The zero-order valence-corrected chi connectivity index (χ0v) is 14.5. The fraction of sp³-hybridized carbons (Fsp3) is 0.444. The molecule has 0 fully saturated rings. The molecule has 0 spiro atoms. The van der Waals surface area contributed by atoms with Crippen molar-refractivity contribution < 1.29 is 28.5 Å². The molecule has 0 bridgehead atoms. The molecule has 0 aliphatic carbocycles. The molecular weight excluding hydrogens is 326 g/mol. The second kappa shape index (κ2) is 9.68. The Morgan fingerprint density at radius 2 is 1.92 bits per heavy atom. The number of ether oxygens (including phenoxy) is 4. The Morgan fingerprint density at radius 3 is 2.64 bits per heavy atom. The van der Waals surface area contributed by atoms with E-state index in [4.69, 9.17) is 14.2 Å². The first-order valence-electron chi connectivity index (χ1n) is 8.06.